The number of halogens is 1. The van der Waals surface area contributed by atoms with E-state index in [-0.39, 0.29) is 18.0 Å². The van der Waals surface area contributed by atoms with E-state index in [4.69, 9.17) is 11.6 Å². The second-order valence-corrected chi connectivity index (χ2v) is 6.95. The van der Waals surface area contributed by atoms with E-state index >= 15 is 0 Å². The lowest BCUT2D eigenvalue weighted by Crippen LogP contribution is -2.43. The molecule has 1 amide bonds. The number of nitrogens with zero attached hydrogens (tertiary/aromatic N) is 3. The van der Waals surface area contributed by atoms with E-state index in [0.717, 1.165) is 28.6 Å². The molecule has 0 spiro atoms. The Morgan fingerprint density at radius 3 is 2.86 bits per heavy atom. The molecule has 2 atom stereocenters. The fourth-order valence-electron chi connectivity index (χ4n) is 2.69. The number of amides is 1. The minimum atomic E-state index is -0.236. The summed E-state index contributed by atoms with van der Waals surface area (Å²) in [6.07, 6.45) is 5.23. The fourth-order valence-corrected chi connectivity index (χ4v) is 3.91. The van der Waals surface area contributed by atoms with E-state index in [1.54, 1.807) is 12.5 Å². The second kappa shape index (κ2) is 6.75. The Balaban J connectivity index is 1.83. The van der Waals surface area contributed by atoms with Crippen molar-refractivity contribution in [3.8, 4) is 0 Å². The number of hydrogen-bond acceptors (Lipinski definition) is 3. The van der Waals surface area contributed by atoms with Gasteiger partial charge in [0.05, 0.1) is 12.4 Å². The largest absolute Gasteiger partial charge is 0.332 e. The summed E-state index contributed by atoms with van der Waals surface area (Å²) in [5, 5.41) is 0.719. The molecule has 116 valence electrons. The first-order valence-electron chi connectivity index (χ1n) is 7.28. The van der Waals surface area contributed by atoms with Crippen molar-refractivity contribution in [1.29, 1.82) is 0 Å². The Kier molecular flexibility index (Phi) is 4.74. The lowest BCUT2D eigenvalue weighted by Gasteiger charge is -2.37. The van der Waals surface area contributed by atoms with Crippen molar-refractivity contribution in [2.75, 3.05) is 18.1 Å². The maximum absolute atomic E-state index is 12.9. The molecule has 1 aliphatic rings. The number of benzene rings is 1. The third kappa shape index (κ3) is 3.15. The molecule has 4 nitrogen and oxygen atoms in total. The maximum atomic E-state index is 12.9. The molecule has 0 radical (unpaired) electrons. The molecule has 1 saturated heterocycles. The van der Waals surface area contributed by atoms with Gasteiger partial charge in [0, 0.05) is 35.5 Å². The molecule has 1 aliphatic heterocycles. The number of carbonyl (C=O) groups is 1. The quantitative estimate of drug-likeness (QED) is 0.862. The number of aromatic nitrogens is 2. The van der Waals surface area contributed by atoms with Crippen molar-refractivity contribution in [3.05, 3.63) is 53.6 Å². The monoisotopic (exact) mass is 335 g/mol. The Morgan fingerprint density at radius 2 is 2.18 bits per heavy atom. The number of thioether (sulfide) groups is 1. The molecule has 1 aromatic carbocycles. The summed E-state index contributed by atoms with van der Waals surface area (Å²) in [7, 11) is 0. The Hall–Kier alpha value is -1.46. The van der Waals surface area contributed by atoms with Crippen LogP contribution in [0.1, 0.15) is 24.6 Å². The van der Waals surface area contributed by atoms with E-state index in [0.29, 0.717) is 0 Å². The van der Waals surface area contributed by atoms with Crippen LogP contribution in [-0.4, -0.2) is 38.4 Å². The highest BCUT2D eigenvalue weighted by atomic mass is 35.5. The molecule has 0 saturated carbocycles. The van der Waals surface area contributed by atoms with Gasteiger partial charge < -0.3 is 9.47 Å². The summed E-state index contributed by atoms with van der Waals surface area (Å²) in [6, 6.07) is 7.67. The highest BCUT2D eigenvalue weighted by Crippen LogP contribution is 2.32. The first-order valence-corrected chi connectivity index (χ1v) is 8.81. The molecular formula is C16H18ClN3OS. The van der Waals surface area contributed by atoms with Crippen LogP contribution in [0, 0.1) is 0 Å². The van der Waals surface area contributed by atoms with Gasteiger partial charge in [-0.15, -0.1) is 0 Å². The van der Waals surface area contributed by atoms with Crippen molar-refractivity contribution in [3.63, 3.8) is 0 Å². The molecule has 1 fully saturated rings. The molecule has 0 bridgehead atoms. The van der Waals surface area contributed by atoms with Crippen LogP contribution in [0.5, 0.6) is 0 Å². The van der Waals surface area contributed by atoms with Gasteiger partial charge in [0.1, 0.15) is 6.04 Å². The Labute approximate surface area is 139 Å². The second-order valence-electron chi connectivity index (χ2n) is 5.36. The van der Waals surface area contributed by atoms with Crippen molar-refractivity contribution in [2.24, 2.45) is 0 Å². The van der Waals surface area contributed by atoms with Gasteiger partial charge in [-0.25, -0.2) is 4.98 Å². The smallest absolute Gasteiger partial charge is 0.245 e. The summed E-state index contributed by atoms with van der Waals surface area (Å²) in [5.74, 6) is 2.04. The number of carbonyl (C=O) groups excluding carboxylic acids is 1. The van der Waals surface area contributed by atoms with Gasteiger partial charge in [0.2, 0.25) is 5.91 Å². The van der Waals surface area contributed by atoms with E-state index in [1.807, 2.05) is 58.6 Å². The third-order valence-electron chi connectivity index (χ3n) is 4.00. The average Bonchev–Trinajstić information content (AvgIpc) is 3.09. The predicted octanol–water partition coefficient (Wildman–Crippen LogP) is 3.41. The molecule has 0 aliphatic carbocycles. The van der Waals surface area contributed by atoms with Crippen LogP contribution < -0.4 is 0 Å². The van der Waals surface area contributed by atoms with Gasteiger partial charge in [-0.05, 0) is 24.6 Å². The SMILES string of the molecule is C[C@@H](C(=O)N1CCSC[C@@H]1c1ccc(Cl)cc1)n1ccnc1. The molecule has 3 rings (SSSR count). The zero-order valence-electron chi connectivity index (χ0n) is 12.4. The van der Waals surface area contributed by atoms with Crippen LogP contribution in [0.4, 0.5) is 0 Å². The van der Waals surface area contributed by atoms with Gasteiger partial charge in [0.15, 0.2) is 0 Å². The normalized spacial score (nSPS) is 19.9. The number of imidazole rings is 1. The molecule has 2 aromatic rings. The van der Waals surface area contributed by atoms with Gasteiger partial charge in [-0.3, -0.25) is 4.79 Å². The highest BCUT2D eigenvalue weighted by Gasteiger charge is 2.31. The zero-order valence-corrected chi connectivity index (χ0v) is 13.9. The van der Waals surface area contributed by atoms with Crippen LogP contribution in [-0.2, 0) is 4.79 Å². The topological polar surface area (TPSA) is 38.1 Å². The van der Waals surface area contributed by atoms with Crippen molar-refractivity contribution in [1.82, 2.24) is 14.5 Å². The minimum absolute atomic E-state index is 0.106. The summed E-state index contributed by atoms with van der Waals surface area (Å²) in [6.45, 7) is 2.69. The van der Waals surface area contributed by atoms with E-state index < -0.39 is 0 Å². The van der Waals surface area contributed by atoms with Gasteiger partial charge >= 0.3 is 0 Å². The lowest BCUT2D eigenvalue weighted by atomic mass is 10.1. The van der Waals surface area contributed by atoms with E-state index in [1.165, 1.54) is 0 Å². The van der Waals surface area contributed by atoms with Crippen LogP contribution >= 0.6 is 23.4 Å². The first kappa shape index (κ1) is 15.4. The van der Waals surface area contributed by atoms with Crippen molar-refractivity contribution in [2.45, 2.75) is 19.0 Å². The standard InChI is InChI=1S/C16H18ClN3OS/c1-12(19-7-6-18-11-19)16(21)20-8-9-22-10-15(20)13-2-4-14(17)5-3-13/h2-7,11-12,15H,8-10H2,1H3/t12-,15+/m0/s1. The molecule has 0 N–H and O–H groups in total. The Morgan fingerprint density at radius 1 is 1.41 bits per heavy atom. The summed E-state index contributed by atoms with van der Waals surface area (Å²) in [4.78, 5) is 18.9. The van der Waals surface area contributed by atoms with E-state index in [9.17, 15) is 4.79 Å². The fraction of sp³-hybridized carbons (Fsp3) is 0.375. The maximum Gasteiger partial charge on any atom is 0.245 e. The van der Waals surface area contributed by atoms with Gasteiger partial charge in [-0.1, -0.05) is 23.7 Å². The van der Waals surface area contributed by atoms with Crippen LogP contribution in [0.2, 0.25) is 5.02 Å². The number of rotatable bonds is 3. The highest BCUT2D eigenvalue weighted by molar-refractivity contribution is 7.99. The predicted molar refractivity (Wildman–Crippen MR) is 90.2 cm³/mol. The van der Waals surface area contributed by atoms with Crippen molar-refractivity contribution < 1.29 is 4.79 Å². The summed E-state index contributed by atoms with van der Waals surface area (Å²) in [5.41, 5.74) is 1.14. The van der Waals surface area contributed by atoms with Crippen molar-refractivity contribution >= 4 is 29.3 Å². The average molecular weight is 336 g/mol. The van der Waals surface area contributed by atoms with Gasteiger partial charge in [-0.2, -0.15) is 11.8 Å². The van der Waals surface area contributed by atoms with E-state index in [2.05, 4.69) is 4.98 Å². The lowest BCUT2D eigenvalue weighted by molar-refractivity contribution is -0.136. The molecule has 0 unspecified atom stereocenters. The van der Waals surface area contributed by atoms with Crippen LogP contribution in [0.15, 0.2) is 43.0 Å². The molecule has 1 aromatic heterocycles. The third-order valence-corrected chi connectivity index (χ3v) is 5.27. The van der Waals surface area contributed by atoms with Crippen LogP contribution in [0.25, 0.3) is 0 Å². The summed E-state index contributed by atoms with van der Waals surface area (Å²) >= 11 is 7.86. The first-order chi connectivity index (χ1) is 10.7. The Bertz CT molecular complexity index is 629. The molecular weight excluding hydrogens is 318 g/mol. The molecule has 22 heavy (non-hydrogen) atoms. The summed E-state index contributed by atoms with van der Waals surface area (Å²) < 4.78 is 1.85. The molecule has 2 heterocycles. The molecule has 6 heteroatoms. The zero-order chi connectivity index (χ0) is 15.5. The van der Waals surface area contributed by atoms with Crippen LogP contribution in [0.3, 0.4) is 0 Å². The van der Waals surface area contributed by atoms with Gasteiger partial charge in [0.25, 0.3) is 0 Å². The minimum Gasteiger partial charge on any atom is -0.332 e. The number of hydrogen-bond donors (Lipinski definition) is 0.